The summed E-state index contributed by atoms with van der Waals surface area (Å²) in [5.41, 5.74) is -0.188. The quantitative estimate of drug-likeness (QED) is 0.868. The Morgan fingerprint density at radius 2 is 2.23 bits per heavy atom. The molecule has 0 radical (unpaired) electrons. The highest BCUT2D eigenvalue weighted by Gasteiger charge is 2.43. The van der Waals surface area contributed by atoms with Gasteiger partial charge in [-0.2, -0.15) is 0 Å². The molecule has 0 bridgehead atoms. The number of anilines is 1. The molecular formula is C19H26N4O2S. The number of nitrogens with one attached hydrogen (secondary N) is 1. The molecule has 0 aromatic carbocycles. The van der Waals surface area contributed by atoms with E-state index >= 15 is 0 Å². The van der Waals surface area contributed by atoms with Crippen molar-refractivity contribution in [2.24, 2.45) is 0 Å². The summed E-state index contributed by atoms with van der Waals surface area (Å²) in [7, 11) is 0. The second-order valence-corrected chi connectivity index (χ2v) is 8.56. The minimum Gasteiger partial charge on any atom is -0.377 e. The van der Waals surface area contributed by atoms with Crippen LogP contribution in [0.1, 0.15) is 22.6 Å². The Bertz CT molecular complexity index is 711. The fourth-order valence-corrected chi connectivity index (χ4v) is 4.70. The topological polar surface area (TPSA) is 59.5 Å². The van der Waals surface area contributed by atoms with E-state index in [1.807, 2.05) is 17.4 Å². The third kappa shape index (κ3) is 4.40. The second kappa shape index (κ2) is 8.00. The first-order chi connectivity index (χ1) is 12.7. The molecule has 0 saturated carbocycles. The Morgan fingerprint density at radius 1 is 1.35 bits per heavy atom. The minimum absolute atomic E-state index is 0.173. The van der Waals surface area contributed by atoms with Crippen LogP contribution in [0.25, 0.3) is 0 Å². The predicted octanol–water partition coefficient (Wildman–Crippen LogP) is 2.71. The van der Waals surface area contributed by atoms with E-state index in [4.69, 9.17) is 9.47 Å². The van der Waals surface area contributed by atoms with E-state index in [0.717, 1.165) is 45.6 Å². The van der Waals surface area contributed by atoms with Crippen molar-refractivity contribution in [1.29, 1.82) is 0 Å². The molecule has 2 aromatic rings. The average molecular weight is 375 g/mol. The van der Waals surface area contributed by atoms with Gasteiger partial charge in [0.25, 0.3) is 0 Å². The van der Waals surface area contributed by atoms with Crippen LogP contribution < -0.4 is 5.32 Å². The molecule has 26 heavy (non-hydrogen) atoms. The second-order valence-electron chi connectivity index (χ2n) is 7.19. The Morgan fingerprint density at radius 3 is 3.04 bits per heavy atom. The Labute approximate surface area is 158 Å². The highest BCUT2D eigenvalue weighted by Crippen LogP contribution is 2.33. The van der Waals surface area contributed by atoms with Gasteiger partial charge in [0, 0.05) is 48.3 Å². The van der Waals surface area contributed by atoms with E-state index < -0.39 is 0 Å². The molecule has 2 atom stereocenters. The first-order valence-electron chi connectivity index (χ1n) is 9.25. The molecule has 2 saturated heterocycles. The van der Waals surface area contributed by atoms with Crippen LogP contribution in [-0.2, 0) is 16.0 Å². The average Bonchev–Trinajstić information content (AvgIpc) is 3.18. The third-order valence-electron chi connectivity index (χ3n) is 5.00. The zero-order valence-corrected chi connectivity index (χ0v) is 16.0. The Kier molecular flexibility index (Phi) is 5.49. The lowest BCUT2D eigenvalue weighted by Crippen LogP contribution is -2.44. The molecule has 2 aliphatic heterocycles. The highest BCUT2D eigenvalue weighted by atomic mass is 32.1. The molecule has 6 nitrogen and oxygen atoms in total. The van der Waals surface area contributed by atoms with Crippen LogP contribution in [0, 0.1) is 6.92 Å². The van der Waals surface area contributed by atoms with Gasteiger partial charge in [0.15, 0.2) is 0 Å². The van der Waals surface area contributed by atoms with Gasteiger partial charge in [0.1, 0.15) is 5.60 Å². The van der Waals surface area contributed by atoms with E-state index in [-0.39, 0.29) is 11.7 Å². The molecule has 2 unspecified atom stereocenters. The molecule has 0 amide bonds. The number of rotatable bonds is 5. The van der Waals surface area contributed by atoms with Crippen LogP contribution in [0.4, 0.5) is 5.95 Å². The molecule has 1 N–H and O–H groups in total. The molecule has 2 fully saturated rings. The van der Waals surface area contributed by atoms with E-state index in [2.05, 4.69) is 39.2 Å². The molecule has 4 heterocycles. The van der Waals surface area contributed by atoms with Crippen molar-refractivity contribution < 1.29 is 9.47 Å². The number of nitrogens with zero attached hydrogens (tertiary/aromatic N) is 3. The smallest absolute Gasteiger partial charge is 0.222 e. The van der Waals surface area contributed by atoms with Crippen molar-refractivity contribution in [2.75, 3.05) is 38.2 Å². The monoisotopic (exact) mass is 374 g/mol. The lowest BCUT2D eigenvalue weighted by molar-refractivity contribution is -0.0826. The summed E-state index contributed by atoms with van der Waals surface area (Å²) in [5, 5.41) is 3.28. The zero-order valence-electron chi connectivity index (χ0n) is 15.2. The van der Waals surface area contributed by atoms with Gasteiger partial charge in [-0.3, -0.25) is 4.90 Å². The Balaban J connectivity index is 1.34. The Hall–Kier alpha value is -1.54. The maximum atomic E-state index is 6.48. The lowest BCUT2D eigenvalue weighted by atomic mass is 10.00. The number of aromatic nitrogens is 2. The first kappa shape index (κ1) is 17.9. The van der Waals surface area contributed by atoms with Gasteiger partial charge in [0.05, 0.1) is 19.3 Å². The van der Waals surface area contributed by atoms with Gasteiger partial charge >= 0.3 is 0 Å². The number of hydrogen-bond acceptors (Lipinski definition) is 7. The van der Waals surface area contributed by atoms with Gasteiger partial charge < -0.3 is 14.8 Å². The summed E-state index contributed by atoms with van der Waals surface area (Å²) in [6.07, 6.45) is 5.74. The number of aryl methyl sites for hydroxylation is 1. The van der Waals surface area contributed by atoms with E-state index in [9.17, 15) is 0 Å². The van der Waals surface area contributed by atoms with Crippen LogP contribution in [0.2, 0.25) is 0 Å². The largest absolute Gasteiger partial charge is 0.377 e. The van der Waals surface area contributed by atoms with Crippen LogP contribution in [-0.4, -0.2) is 59.4 Å². The molecule has 4 rings (SSSR count). The molecule has 7 heteroatoms. The standard InChI is InChI=1S/C19H26N4O2S/c1-15-3-4-17(26-15)12-23-9-10-24-14-19(13-23)6-5-16(25-19)11-22-18-20-7-2-8-21-18/h2-4,7-8,16H,5-6,9-14H2,1H3,(H,20,21,22). The van der Waals surface area contributed by atoms with Crippen molar-refractivity contribution in [3.8, 4) is 0 Å². The molecule has 1 spiro atoms. The van der Waals surface area contributed by atoms with Crippen LogP contribution in [0.15, 0.2) is 30.6 Å². The number of hydrogen-bond donors (Lipinski definition) is 1. The minimum atomic E-state index is -0.188. The molecule has 0 aliphatic carbocycles. The van der Waals surface area contributed by atoms with Crippen molar-refractivity contribution in [2.45, 2.75) is 38.0 Å². The number of thiophene rings is 1. The fourth-order valence-electron chi connectivity index (χ4n) is 3.77. The third-order valence-corrected chi connectivity index (χ3v) is 5.98. The van der Waals surface area contributed by atoms with E-state index in [0.29, 0.717) is 12.6 Å². The normalized spacial score (nSPS) is 26.9. The van der Waals surface area contributed by atoms with Crippen LogP contribution in [0.3, 0.4) is 0 Å². The van der Waals surface area contributed by atoms with Gasteiger partial charge in [-0.15, -0.1) is 11.3 Å². The lowest BCUT2D eigenvalue weighted by Gasteiger charge is -2.31. The van der Waals surface area contributed by atoms with E-state index in [1.54, 1.807) is 12.4 Å². The van der Waals surface area contributed by atoms with E-state index in [1.165, 1.54) is 9.75 Å². The summed E-state index contributed by atoms with van der Waals surface area (Å²) >= 11 is 1.88. The van der Waals surface area contributed by atoms with Crippen molar-refractivity contribution >= 4 is 17.3 Å². The first-order valence-corrected chi connectivity index (χ1v) is 10.1. The van der Waals surface area contributed by atoms with Gasteiger partial charge in [0.2, 0.25) is 5.95 Å². The molecular weight excluding hydrogens is 348 g/mol. The van der Waals surface area contributed by atoms with Gasteiger partial charge in [-0.05, 0) is 38.0 Å². The zero-order chi connectivity index (χ0) is 17.8. The highest BCUT2D eigenvalue weighted by molar-refractivity contribution is 7.11. The van der Waals surface area contributed by atoms with Gasteiger partial charge in [-0.1, -0.05) is 0 Å². The summed E-state index contributed by atoms with van der Waals surface area (Å²) in [6, 6.07) is 6.25. The summed E-state index contributed by atoms with van der Waals surface area (Å²) in [5.74, 6) is 0.656. The van der Waals surface area contributed by atoms with Gasteiger partial charge in [-0.25, -0.2) is 9.97 Å². The summed E-state index contributed by atoms with van der Waals surface area (Å²) < 4.78 is 12.4. The summed E-state index contributed by atoms with van der Waals surface area (Å²) in [6.45, 7) is 7.23. The molecule has 2 aromatic heterocycles. The maximum absolute atomic E-state index is 6.48. The van der Waals surface area contributed by atoms with Crippen molar-refractivity contribution in [3.05, 3.63) is 40.3 Å². The maximum Gasteiger partial charge on any atom is 0.222 e. The SMILES string of the molecule is Cc1ccc(CN2CCOCC3(CCC(CNc4ncccn4)O3)C2)s1. The number of ether oxygens (including phenoxy) is 2. The fraction of sp³-hybridized carbons (Fsp3) is 0.579. The van der Waals surface area contributed by atoms with Crippen LogP contribution in [0.5, 0.6) is 0 Å². The molecule has 2 aliphatic rings. The van der Waals surface area contributed by atoms with Crippen molar-refractivity contribution in [1.82, 2.24) is 14.9 Å². The van der Waals surface area contributed by atoms with Crippen molar-refractivity contribution in [3.63, 3.8) is 0 Å². The molecule has 140 valence electrons. The van der Waals surface area contributed by atoms with Crippen LogP contribution >= 0.6 is 11.3 Å². The predicted molar refractivity (Wildman–Crippen MR) is 103 cm³/mol. The summed E-state index contributed by atoms with van der Waals surface area (Å²) in [4.78, 5) is 13.7.